The Hall–Kier alpha value is -3.73. The molecule has 1 N–H and O–H groups in total. The van der Waals surface area contributed by atoms with Gasteiger partial charge < -0.3 is 19.3 Å². The van der Waals surface area contributed by atoms with Crippen molar-refractivity contribution in [1.29, 1.82) is 0 Å². The van der Waals surface area contributed by atoms with Gasteiger partial charge in [0, 0.05) is 18.1 Å². The zero-order chi connectivity index (χ0) is 21.1. The summed E-state index contributed by atoms with van der Waals surface area (Å²) in [5, 5.41) is 10.5. The van der Waals surface area contributed by atoms with Gasteiger partial charge in [0.25, 0.3) is 0 Å². The molecule has 0 aromatic heterocycles. The third-order valence-electron chi connectivity index (χ3n) is 5.06. The molecule has 1 aliphatic rings. The van der Waals surface area contributed by atoms with Crippen LogP contribution in [0.1, 0.15) is 32.6 Å². The van der Waals surface area contributed by atoms with Crippen LogP contribution in [0.5, 0.6) is 23.0 Å². The lowest BCUT2D eigenvalue weighted by Crippen LogP contribution is -2.18. The van der Waals surface area contributed by atoms with Gasteiger partial charge in [0.15, 0.2) is 0 Å². The Morgan fingerprint density at radius 3 is 2.57 bits per heavy atom. The number of phenols is 1. The van der Waals surface area contributed by atoms with Crippen LogP contribution in [-0.4, -0.2) is 24.6 Å². The van der Waals surface area contributed by atoms with E-state index in [2.05, 4.69) is 6.58 Å². The average Bonchev–Trinajstić information content (AvgIpc) is 2.77. The number of ketones is 1. The Balaban J connectivity index is 1.75. The number of carbonyl (C=O) groups excluding carboxylic acids is 1. The van der Waals surface area contributed by atoms with Gasteiger partial charge in [0.1, 0.15) is 36.2 Å². The van der Waals surface area contributed by atoms with Crippen LogP contribution >= 0.6 is 0 Å². The number of ether oxygens (including phenoxy) is 3. The van der Waals surface area contributed by atoms with Crippen LogP contribution in [0.3, 0.4) is 0 Å². The second-order valence-electron chi connectivity index (χ2n) is 6.98. The first-order valence-electron chi connectivity index (χ1n) is 9.63. The molecule has 0 fully saturated rings. The highest BCUT2D eigenvalue weighted by Crippen LogP contribution is 2.42. The van der Waals surface area contributed by atoms with Crippen LogP contribution in [0, 0.1) is 0 Å². The van der Waals surface area contributed by atoms with Gasteiger partial charge in [-0.15, -0.1) is 0 Å². The molecule has 152 valence electrons. The Labute approximate surface area is 175 Å². The maximum absolute atomic E-state index is 13.4. The Morgan fingerprint density at radius 2 is 1.83 bits per heavy atom. The summed E-state index contributed by atoms with van der Waals surface area (Å²) in [6, 6.07) is 16.5. The van der Waals surface area contributed by atoms with Crippen molar-refractivity contribution in [1.82, 2.24) is 0 Å². The van der Waals surface area contributed by atoms with Gasteiger partial charge in [-0.2, -0.15) is 0 Å². The monoisotopic (exact) mass is 402 g/mol. The first-order chi connectivity index (χ1) is 14.6. The molecule has 5 heteroatoms. The second-order valence-corrected chi connectivity index (χ2v) is 6.98. The maximum atomic E-state index is 13.4. The smallest absolute Gasteiger partial charge is 0.201 e. The SMILES string of the molecule is C=CCOc1cc(OC)cc2c1C(=O)c1c(O)ccc(OCc3ccccc3)c1C2. The van der Waals surface area contributed by atoms with E-state index in [4.69, 9.17) is 14.2 Å². The van der Waals surface area contributed by atoms with E-state index in [-0.39, 0.29) is 23.7 Å². The largest absolute Gasteiger partial charge is 0.507 e. The number of benzene rings is 3. The lowest BCUT2D eigenvalue weighted by molar-refractivity contribution is 0.102. The number of fused-ring (bicyclic) bond motifs is 2. The van der Waals surface area contributed by atoms with Crippen LogP contribution < -0.4 is 14.2 Å². The molecule has 1 aliphatic carbocycles. The highest BCUT2D eigenvalue weighted by Gasteiger charge is 2.32. The topological polar surface area (TPSA) is 65.0 Å². The van der Waals surface area contributed by atoms with E-state index >= 15 is 0 Å². The first-order valence-corrected chi connectivity index (χ1v) is 9.63. The van der Waals surface area contributed by atoms with Gasteiger partial charge in [-0.25, -0.2) is 0 Å². The summed E-state index contributed by atoms with van der Waals surface area (Å²) in [6.07, 6.45) is 2.02. The summed E-state index contributed by atoms with van der Waals surface area (Å²) in [6.45, 7) is 4.28. The van der Waals surface area contributed by atoms with Gasteiger partial charge in [-0.05, 0) is 29.3 Å². The van der Waals surface area contributed by atoms with E-state index in [0.717, 1.165) is 11.1 Å². The molecule has 3 aromatic carbocycles. The van der Waals surface area contributed by atoms with E-state index in [0.29, 0.717) is 41.4 Å². The molecule has 0 unspecified atom stereocenters. The van der Waals surface area contributed by atoms with Gasteiger partial charge in [-0.1, -0.05) is 43.0 Å². The first kappa shape index (κ1) is 19.6. The van der Waals surface area contributed by atoms with Crippen molar-refractivity contribution >= 4 is 5.78 Å². The minimum Gasteiger partial charge on any atom is -0.507 e. The maximum Gasteiger partial charge on any atom is 0.201 e. The lowest BCUT2D eigenvalue weighted by Gasteiger charge is -2.24. The Morgan fingerprint density at radius 1 is 1.03 bits per heavy atom. The molecule has 5 nitrogen and oxygen atoms in total. The molecule has 0 saturated heterocycles. The van der Waals surface area contributed by atoms with E-state index in [1.165, 1.54) is 6.07 Å². The fourth-order valence-corrected chi connectivity index (χ4v) is 3.65. The third kappa shape index (κ3) is 3.62. The molecule has 4 rings (SSSR count). The summed E-state index contributed by atoms with van der Waals surface area (Å²) < 4.78 is 17.1. The molecule has 0 radical (unpaired) electrons. The summed E-state index contributed by atoms with van der Waals surface area (Å²) >= 11 is 0. The Kier molecular flexibility index (Phi) is 5.44. The van der Waals surface area contributed by atoms with Crippen LogP contribution in [0.4, 0.5) is 0 Å². The van der Waals surface area contributed by atoms with Crippen molar-refractivity contribution < 1.29 is 24.1 Å². The normalized spacial score (nSPS) is 12.0. The minimum atomic E-state index is -0.296. The highest BCUT2D eigenvalue weighted by molar-refractivity contribution is 6.16. The lowest BCUT2D eigenvalue weighted by atomic mass is 9.83. The summed E-state index contributed by atoms with van der Waals surface area (Å²) in [5.74, 6) is 1.21. The van der Waals surface area contributed by atoms with Crippen molar-refractivity contribution in [3.63, 3.8) is 0 Å². The van der Waals surface area contributed by atoms with Crippen LogP contribution in [0.2, 0.25) is 0 Å². The van der Waals surface area contributed by atoms with E-state index in [1.54, 1.807) is 25.3 Å². The summed E-state index contributed by atoms with van der Waals surface area (Å²) in [4.78, 5) is 13.4. The number of rotatable bonds is 7. The Bertz CT molecular complexity index is 1100. The number of hydrogen-bond donors (Lipinski definition) is 1. The molecule has 3 aromatic rings. The average molecular weight is 402 g/mol. The van der Waals surface area contributed by atoms with Crippen LogP contribution in [0.25, 0.3) is 0 Å². The minimum absolute atomic E-state index is 0.0711. The van der Waals surface area contributed by atoms with Crippen LogP contribution in [0.15, 0.2) is 67.3 Å². The molecular weight excluding hydrogens is 380 g/mol. The highest BCUT2D eigenvalue weighted by atomic mass is 16.5. The van der Waals surface area contributed by atoms with Crippen molar-refractivity contribution in [3.05, 3.63) is 95.1 Å². The molecule has 0 spiro atoms. The fraction of sp³-hybridized carbons (Fsp3) is 0.160. The van der Waals surface area contributed by atoms with Gasteiger partial charge >= 0.3 is 0 Å². The zero-order valence-electron chi connectivity index (χ0n) is 16.7. The van der Waals surface area contributed by atoms with E-state index < -0.39 is 0 Å². The number of hydrogen-bond acceptors (Lipinski definition) is 5. The predicted molar refractivity (Wildman–Crippen MR) is 114 cm³/mol. The quantitative estimate of drug-likeness (QED) is 0.455. The number of carbonyl (C=O) groups is 1. The van der Waals surface area contributed by atoms with Gasteiger partial charge in [-0.3, -0.25) is 4.79 Å². The van der Waals surface area contributed by atoms with Crippen molar-refractivity contribution in [2.45, 2.75) is 13.0 Å². The third-order valence-corrected chi connectivity index (χ3v) is 5.06. The molecule has 0 bridgehead atoms. The molecule has 0 amide bonds. The number of aromatic hydroxyl groups is 1. The standard InChI is InChI=1S/C25H22O5/c1-3-11-29-22-14-18(28-2)12-17-13-19-21(30-15-16-7-5-4-6-8-16)10-9-20(26)24(19)25(27)23(17)22/h3-10,12,14,26H,1,11,13,15H2,2H3. The fourth-order valence-electron chi connectivity index (χ4n) is 3.65. The molecule has 0 aliphatic heterocycles. The molecule has 30 heavy (non-hydrogen) atoms. The van der Waals surface area contributed by atoms with Gasteiger partial charge in [0.05, 0.1) is 18.2 Å². The van der Waals surface area contributed by atoms with E-state index in [1.807, 2.05) is 36.4 Å². The molecule has 0 saturated carbocycles. The zero-order valence-corrected chi connectivity index (χ0v) is 16.7. The van der Waals surface area contributed by atoms with Crippen molar-refractivity contribution in [2.75, 3.05) is 13.7 Å². The van der Waals surface area contributed by atoms with E-state index in [9.17, 15) is 9.90 Å². The predicted octanol–water partition coefficient (Wildman–Crippen LogP) is 4.68. The molecule has 0 heterocycles. The molecule has 0 atom stereocenters. The number of phenolic OH excluding ortho intramolecular Hbond substituents is 1. The second kappa shape index (κ2) is 8.33. The molecular formula is C25H22O5. The summed E-state index contributed by atoms with van der Waals surface area (Å²) in [7, 11) is 1.57. The van der Waals surface area contributed by atoms with Crippen molar-refractivity contribution in [2.24, 2.45) is 0 Å². The number of methoxy groups -OCH3 is 1. The van der Waals surface area contributed by atoms with Crippen molar-refractivity contribution in [3.8, 4) is 23.0 Å². The summed E-state index contributed by atoms with van der Waals surface area (Å²) in [5.41, 5.74) is 3.12. The van der Waals surface area contributed by atoms with Crippen LogP contribution in [-0.2, 0) is 13.0 Å². The van der Waals surface area contributed by atoms with Gasteiger partial charge in [0.2, 0.25) is 5.78 Å².